The predicted molar refractivity (Wildman–Crippen MR) is 99.2 cm³/mol. The summed E-state index contributed by atoms with van der Waals surface area (Å²) in [5.41, 5.74) is 0.666. The minimum Gasteiger partial charge on any atom is -0.486 e. The van der Waals surface area contributed by atoms with E-state index in [0.717, 1.165) is 10.0 Å². The van der Waals surface area contributed by atoms with Crippen molar-refractivity contribution in [2.45, 2.75) is 32.8 Å². The highest BCUT2D eigenvalue weighted by molar-refractivity contribution is 7.15. The first-order valence-corrected chi connectivity index (χ1v) is 9.64. The van der Waals surface area contributed by atoms with Gasteiger partial charge in [-0.05, 0) is 24.3 Å². The van der Waals surface area contributed by atoms with E-state index in [-0.39, 0.29) is 30.7 Å². The van der Waals surface area contributed by atoms with Crippen LogP contribution in [-0.2, 0) is 17.8 Å². The topological polar surface area (TPSA) is 77.0 Å². The lowest BCUT2D eigenvalue weighted by Gasteiger charge is -2.03. The van der Waals surface area contributed by atoms with Crippen LogP contribution in [0, 0.1) is 5.82 Å². The van der Waals surface area contributed by atoms with E-state index in [2.05, 4.69) is 20.5 Å². The van der Waals surface area contributed by atoms with Gasteiger partial charge in [0.2, 0.25) is 11.0 Å². The maximum absolute atomic E-state index is 12.9. The standard InChI is InChI=1S/C17H17FN4O2S2/c1-10(2)16-21-22-17(26-16)20-14(23)7-12-9-25-15(19-12)8-24-13-5-3-11(18)4-6-13/h3-6,9-10H,7-8H2,1-2H3,(H,20,22,23). The van der Waals surface area contributed by atoms with E-state index in [1.54, 1.807) is 12.1 Å². The highest BCUT2D eigenvalue weighted by Crippen LogP contribution is 2.22. The molecule has 0 spiro atoms. The summed E-state index contributed by atoms with van der Waals surface area (Å²) in [5, 5.41) is 14.7. The molecule has 0 fully saturated rings. The summed E-state index contributed by atoms with van der Waals surface area (Å²) in [5.74, 6) is 0.349. The first-order chi connectivity index (χ1) is 12.5. The zero-order chi connectivity index (χ0) is 18.5. The first-order valence-electron chi connectivity index (χ1n) is 7.94. The third kappa shape index (κ3) is 5.06. The molecule has 0 unspecified atom stereocenters. The smallest absolute Gasteiger partial charge is 0.232 e. The van der Waals surface area contributed by atoms with Crippen LogP contribution in [0.4, 0.5) is 9.52 Å². The Labute approximate surface area is 158 Å². The van der Waals surface area contributed by atoms with Crippen molar-refractivity contribution in [1.29, 1.82) is 0 Å². The van der Waals surface area contributed by atoms with E-state index in [4.69, 9.17) is 4.74 Å². The Morgan fingerprint density at radius 3 is 2.73 bits per heavy atom. The van der Waals surface area contributed by atoms with Crippen LogP contribution in [0.1, 0.15) is 35.5 Å². The monoisotopic (exact) mass is 392 g/mol. The summed E-state index contributed by atoms with van der Waals surface area (Å²) in [7, 11) is 0. The van der Waals surface area contributed by atoms with E-state index in [9.17, 15) is 9.18 Å². The SMILES string of the molecule is CC(C)c1nnc(NC(=O)Cc2csc(COc3ccc(F)cc3)n2)s1. The molecule has 0 aliphatic rings. The number of nitrogens with zero attached hydrogens (tertiary/aromatic N) is 3. The van der Waals surface area contributed by atoms with Crippen LogP contribution in [0.15, 0.2) is 29.6 Å². The number of benzene rings is 1. The van der Waals surface area contributed by atoms with E-state index in [1.165, 1.54) is 34.8 Å². The minimum atomic E-state index is -0.309. The Morgan fingerprint density at radius 1 is 1.27 bits per heavy atom. The number of aromatic nitrogens is 3. The zero-order valence-electron chi connectivity index (χ0n) is 14.2. The molecule has 3 aromatic rings. The number of carbonyl (C=O) groups is 1. The number of halogens is 1. The van der Waals surface area contributed by atoms with Crippen molar-refractivity contribution in [3.8, 4) is 5.75 Å². The van der Waals surface area contributed by atoms with Crippen LogP contribution < -0.4 is 10.1 Å². The maximum Gasteiger partial charge on any atom is 0.232 e. The van der Waals surface area contributed by atoms with Gasteiger partial charge in [-0.2, -0.15) is 0 Å². The summed E-state index contributed by atoms with van der Waals surface area (Å²) >= 11 is 2.79. The van der Waals surface area contributed by atoms with Gasteiger partial charge in [-0.1, -0.05) is 25.2 Å². The zero-order valence-corrected chi connectivity index (χ0v) is 15.9. The van der Waals surface area contributed by atoms with E-state index in [1.807, 2.05) is 19.2 Å². The molecule has 2 heterocycles. The molecule has 0 aliphatic carbocycles. The molecule has 0 radical (unpaired) electrons. The van der Waals surface area contributed by atoms with Crippen LogP contribution in [-0.4, -0.2) is 21.1 Å². The summed E-state index contributed by atoms with van der Waals surface area (Å²) in [6, 6.07) is 5.80. The molecule has 0 saturated heterocycles. The largest absolute Gasteiger partial charge is 0.486 e. The number of carbonyl (C=O) groups excluding carboxylic acids is 1. The van der Waals surface area contributed by atoms with Gasteiger partial charge in [0.1, 0.15) is 28.2 Å². The second-order valence-electron chi connectivity index (χ2n) is 5.80. The second-order valence-corrected chi connectivity index (χ2v) is 7.75. The number of amides is 1. The fraction of sp³-hybridized carbons (Fsp3) is 0.294. The van der Waals surface area contributed by atoms with Crippen molar-refractivity contribution in [3.05, 3.63) is 51.2 Å². The number of anilines is 1. The van der Waals surface area contributed by atoms with Crippen molar-refractivity contribution in [2.24, 2.45) is 0 Å². The Bertz CT molecular complexity index is 877. The number of thiazole rings is 1. The third-order valence-corrected chi connectivity index (χ3v) is 5.31. The van der Waals surface area contributed by atoms with Crippen LogP contribution in [0.5, 0.6) is 5.75 Å². The molecule has 1 amide bonds. The Balaban J connectivity index is 1.50. The number of rotatable bonds is 7. The molecule has 3 rings (SSSR count). The van der Waals surface area contributed by atoms with Gasteiger partial charge < -0.3 is 10.1 Å². The molecular weight excluding hydrogens is 375 g/mol. The molecule has 0 bridgehead atoms. The van der Waals surface area contributed by atoms with Crippen molar-refractivity contribution < 1.29 is 13.9 Å². The van der Waals surface area contributed by atoms with Crippen LogP contribution in [0.3, 0.4) is 0 Å². The highest BCUT2D eigenvalue weighted by atomic mass is 32.1. The summed E-state index contributed by atoms with van der Waals surface area (Å²) < 4.78 is 18.4. The van der Waals surface area contributed by atoms with Gasteiger partial charge in [-0.25, -0.2) is 9.37 Å². The van der Waals surface area contributed by atoms with Gasteiger partial charge in [0.15, 0.2) is 0 Å². The summed E-state index contributed by atoms with van der Waals surface area (Å²) in [6.07, 6.45) is 0.156. The molecule has 1 N–H and O–H groups in total. The van der Waals surface area contributed by atoms with E-state index in [0.29, 0.717) is 16.6 Å². The molecule has 1 aromatic carbocycles. The van der Waals surface area contributed by atoms with Gasteiger partial charge >= 0.3 is 0 Å². The van der Waals surface area contributed by atoms with E-state index >= 15 is 0 Å². The molecule has 0 saturated carbocycles. The average molecular weight is 392 g/mol. The van der Waals surface area contributed by atoms with Crippen molar-refractivity contribution >= 4 is 33.7 Å². The molecule has 2 aromatic heterocycles. The molecule has 26 heavy (non-hydrogen) atoms. The minimum absolute atomic E-state index is 0.156. The third-order valence-electron chi connectivity index (χ3n) is 3.30. The van der Waals surface area contributed by atoms with Crippen LogP contribution in [0.25, 0.3) is 0 Å². The fourth-order valence-corrected chi connectivity index (χ4v) is 3.49. The van der Waals surface area contributed by atoms with E-state index < -0.39 is 0 Å². The molecule has 136 valence electrons. The lowest BCUT2D eigenvalue weighted by molar-refractivity contribution is -0.115. The van der Waals surface area contributed by atoms with Crippen LogP contribution in [0.2, 0.25) is 0 Å². The fourth-order valence-electron chi connectivity index (χ4n) is 2.02. The maximum atomic E-state index is 12.9. The highest BCUT2D eigenvalue weighted by Gasteiger charge is 2.12. The van der Waals surface area contributed by atoms with Crippen LogP contribution >= 0.6 is 22.7 Å². The molecular formula is C17H17FN4O2S2. The lowest BCUT2D eigenvalue weighted by atomic mass is 10.2. The summed E-state index contributed by atoms with van der Waals surface area (Å²) in [4.78, 5) is 16.5. The van der Waals surface area contributed by atoms with Gasteiger partial charge in [-0.15, -0.1) is 21.5 Å². The lowest BCUT2D eigenvalue weighted by Crippen LogP contribution is -2.14. The number of ether oxygens (including phenoxy) is 1. The molecule has 9 heteroatoms. The summed E-state index contributed by atoms with van der Waals surface area (Å²) in [6.45, 7) is 4.32. The predicted octanol–water partition coefficient (Wildman–Crippen LogP) is 4.02. The number of hydrogen-bond donors (Lipinski definition) is 1. The molecule has 0 aliphatic heterocycles. The molecule has 6 nitrogen and oxygen atoms in total. The first kappa shape index (κ1) is 18.4. The number of hydrogen-bond acceptors (Lipinski definition) is 7. The Hall–Kier alpha value is -2.39. The van der Waals surface area contributed by atoms with Gasteiger partial charge in [-0.3, -0.25) is 4.79 Å². The van der Waals surface area contributed by atoms with Gasteiger partial charge in [0.25, 0.3) is 0 Å². The molecule has 0 atom stereocenters. The van der Waals surface area contributed by atoms with Crippen molar-refractivity contribution in [3.63, 3.8) is 0 Å². The van der Waals surface area contributed by atoms with Gasteiger partial charge in [0.05, 0.1) is 12.1 Å². The van der Waals surface area contributed by atoms with Gasteiger partial charge in [0, 0.05) is 11.3 Å². The normalized spacial score (nSPS) is 10.9. The quantitative estimate of drug-likeness (QED) is 0.657. The second kappa shape index (κ2) is 8.33. The Morgan fingerprint density at radius 2 is 2.04 bits per heavy atom. The van der Waals surface area contributed by atoms with Crippen molar-refractivity contribution in [2.75, 3.05) is 5.32 Å². The Kier molecular flexibility index (Phi) is 5.89. The van der Waals surface area contributed by atoms with Crippen molar-refractivity contribution in [1.82, 2.24) is 15.2 Å². The average Bonchev–Trinajstić information content (AvgIpc) is 3.24. The number of nitrogens with one attached hydrogen (secondary N) is 1.